The van der Waals surface area contributed by atoms with Crippen LogP contribution in [0.2, 0.25) is 0 Å². The molecule has 1 atom stereocenters. The van der Waals surface area contributed by atoms with E-state index in [1.165, 1.54) is 5.56 Å². The monoisotopic (exact) mass is 311 g/mol. The number of ether oxygens (including phenoxy) is 2. The molecule has 0 spiro atoms. The first-order valence-electron chi connectivity index (χ1n) is 7.74. The summed E-state index contributed by atoms with van der Waals surface area (Å²) in [7, 11) is 1.63. The van der Waals surface area contributed by atoms with E-state index in [9.17, 15) is 4.79 Å². The Hall–Kier alpha value is -2.49. The SMILES string of the molecule is COc1ccc2c(c1)C[C@H](C(=O)Nc1ccc(C)c(C)c1)CO2. The zero-order valence-electron chi connectivity index (χ0n) is 13.7. The van der Waals surface area contributed by atoms with Crippen molar-refractivity contribution in [3.63, 3.8) is 0 Å². The molecule has 2 aromatic rings. The normalized spacial score (nSPS) is 16.2. The van der Waals surface area contributed by atoms with Crippen LogP contribution < -0.4 is 14.8 Å². The molecule has 0 saturated heterocycles. The molecule has 1 aliphatic rings. The summed E-state index contributed by atoms with van der Waals surface area (Å²) in [6.45, 7) is 4.49. The minimum absolute atomic E-state index is 0.0123. The average molecular weight is 311 g/mol. The molecule has 0 unspecified atom stereocenters. The number of aryl methyl sites for hydroxylation is 2. The van der Waals surface area contributed by atoms with Gasteiger partial charge in [0, 0.05) is 5.69 Å². The highest BCUT2D eigenvalue weighted by molar-refractivity contribution is 5.93. The van der Waals surface area contributed by atoms with Gasteiger partial charge in [0.2, 0.25) is 5.91 Å². The fraction of sp³-hybridized carbons (Fsp3) is 0.316. The van der Waals surface area contributed by atoms with Crippen LogP contribution >= 0.6 is 0 Å². The van der Waals surface area contributed by atoms with Crippen LogP contribution in [0.5, 0.6) is 11.5 Å². The van der Waals surface area contributed by atoms with Crippen molar-refractivity contribution in [1.29, 1.82) is 0 Å². The molecule has 3 rings (SSSR count). The van der Waals surface area contributed by atoms with Gasteiger partial charge in [0.1, 0.15) is 18.1 Å². The lowest BCUT2D eigenvalue weighted by Crippen LogP contribution is -2.32. The molecule has 0 saturated carbocycles. The first-order valence-corrected chi connectivity index (χ1v) is 7.74. The fourth-order valence-corrected chi connectivity index (χ4v) is 2.73. The van der Waals surface area contributed by atoms with Gasteiger partial charge in [-0.1, -0.05) is 6.07 Å². The fourth-order valence-electron chi connectivity index (χ4n) is 2.73. The van der Waals surface area contributed by atoms with E-state index in [0.717, 1.165) is 28.3 Å². The number of rotatable bonds is 3. The third-order valence-electron chi connectivity index (χ3n) is 4.32. The molecule has 0 aromatic heterocycles. The molecule has 1 aliphatic heterocycles. The zero-order chi connectivity index (χ0) is 16.4. The van der Waals surface area contributed by atoms with Crippen LogP contribution in [0, 0.1) is 19.8 Å². The van der Waals surface area contributed by atoms with Crippen LogP contribution in [0.1, 0.15) is 16.7 Å². The van der Waals surface area contributed by atoms with Crippen molar-refractivity contribution in [2.24, 2.45) is 5.92 Å². The molecule has 4 heteroatoms. The van der Waals surface area contributed by atoms with Crippen LogP contribution in [0.15, 0.2) is 36.4 Å². The van der Waals surface area contributed by atoms with E-state index in [0.29, 0.717) is 13.0 Å². The number of fused-ring (bicyclic) bond motifs is 1. The number of nitrogens with one attached hydrogen (secondary N) is 1. The van der Waals surface area contributed by atoms with Crippen molar-refractivity contribution in [3.8, 4) is 11.5 Å². The van der Waals surface area contributed by atoms with E-state index in [2.05, 4.69) is 12.2 Å². The van der Waals surface area contributed by atoms with Crippen molar-refractivity contribution in [3.05, 3.63) is 53.1 Å². The Labute approximate surface area is 136 Å². The summed E-state index contributed by atoms with van der Waals surface area (Å²) in [6, 6.07) is 11.6. The maximum atomic E-state index is 12.5. The summed E-state index contributed by atoms with van der Waals surface area (Å²) in [4.78, 5) is 12.5. The van der Waals surface area contributed by atoms with Crippen LogP contribution in [0.3, 0.4) is 0 Å². The lowest BCUT2D eigenvalue weighted by molar-refractivity contribution is -0.121. The number of benzene rings is 2. The Morgan fingerprint density at radius 3 is 2.74 bits per heavy atom. The van der Waals surface area contributed by atoms with E-state index < -0.39 is 0 Å². The maximum absolute atomic E-state index is 12.5. The molecule has 4 nitrogen and oxygen atoms in total. The van der Waals surface area contributed by atoms with Crippen LogP contribution in [0.4, 0.5) is 5.69 Å². The highest BCUT2D eigenvalue weighted by Gasteiger charge is 2.26. The van der Waals surface area contributed by atoms with Gasteiger partial charge in [-0.25, -0.2) is 0 Å². The Morgan fingerprint density at radius 2 is 2.00 bits per heavy atom. The Balaban J connectivity index is 1.72. The van der Waals surface area contributed by atoms with E-state index in [1.807, 2.05) is 43.3 Å². The second kappa shape index (κ2) is 6.32. The predicted molar refractivity (Wildman–Crippen MR) is 90.2 cm³/mol. The summed E-state index contributed by atoms with van der Waals surface area (Å²) < 4.78 is 11.0. The lowest BCUT2D eigenvalue weighted by atomic mass is 9.95. The highest BCUT2D eigenvalue weighted by Crippen LogP contribution is 2.31. The van der Waals surface area contributed by atoms with Gasteiger partial charge in [-0.15, -0.1) is 0 Å². The predicted octanol–water partition coefficient (Wildman–Crippen LogP) is 3.50. The van der Waals surface area contributed by atoms with Gasteiger partial charge < -0.3 is 14.8 Å². The van der Waals surface area contributed by atoms with E-state index >= 15 is 0 Å². The van der Waals surface area contributed by atoms with Crippen molar-refractivity contribution in [2.45, 2.75) is 20.3 Å². The zero-order valence-corrected chi connectivity index (χ0v) is 13.7. The Morgan fingerprint density at radius 1 is 1.17 bits per heavy atom. The molecule has 1 amide bonds. The number of amides is 1. The smallest absolute Gasteiger partial charge is 0.231 e. The van der Waals surface area contributed by atoms with Gasteiger partial charge in [0.25, 0.3) is 0 Å². The molecular weight excluding hydrogens is 290 g/mol. The molecule has 1 heterocycles. The largest absolute Gasteiger partial charge is 0.497 e. The lowest BCUT2D eigenvalue weighted by Gasteiger charge is -2.25. The number of carbonyl (C=O) groups is 1. The number of hydrogen-bond acceptors (Lipinski definition) is 3. The van der Waals surface area contributed by atoms with Crippen molar-refractivity contribution < 1.29 is 14.3 Å². The molecule has 0 fully saturated rings. The quantitative estimate of drug-likeness (QED) is 0.943. The van der Waals surface area contributed by atoms with Crippen molar-refractivity contribution in [2.75, 3.05) is 19.0 Å². The minimum atomic E-state index is -0.198. The molecule has 0 aliphatic carbocycles. The summed E-state index contributed by atoms with van der Waals surface area (Å²) >= 11 is 0. The second-order valence-electron chi connectivity index (χ2n) is 5.97. The topological polar surface area (TPSA) is 47.6 Å². The van der Waals surface area contributed by atoms with E-state index in [1.54, 1.807) is 7.11 Å². The Bertz CT molecular complexity index is 739. The second-order valence-corrected chi connectivity index (χ2v) is 5.97. The van der Waals surface area contributed by atoms with E-state index in [4.69, 9.17) is 9.47 Å². The summed E-state index contributed by atoms with van der Waals surface area (Å²) in [5.41, 5.74) is 4.22. The van der Waals surface area contributed by atoms with Gasteiger partial charge in [0.15, 0.2) is 0 Å². The summed E-state index contributed by atoms with van der Waals surface area (Å²) in [6.07, 6.45) is 0.656. The number of anilines is 1. The van der Waals surface area contributed by atoms with Crippen molar-refractivity contribution >= 4 is 11.6 Å². The molecule has 0 bridgehead atoms. The van der Waals surface area contributed by atoms with Crippen molar-refractivity contribution in [1.82, 2.24) is 0 Å². The number of methoxy groups -OCH3 is 1. The van der Waals surface area contributed by atoms with Gasteiger partial charge >= 0.3 is 0 Å². The Kier molecular flexibility index (Phi) is 4.24. The molecule has 120 valence electrons. The molecule has 1 N–H and O–H groups in total. The third kappa shape index (κ3) is 3.31. The third-order valence-corrected chi connectivity index (χ3v) is 4.32. The van der Waals surface area contributed by atoms with Gasteiger partial charge in [0.05, 0.1) is 13.0 Å². The maximum Gasteiger partial charge on any atom is 0.231 e. The summed E-state index contributed by atoms with van der Waals surface area (Å²) in [5.74, 6) is 1.40. The minimum Gasteiger partial charge on any atom is -0.497 e. The van der Waals surface area contributed by atoms with Gasteiger partial charge in [-0.05, 0) is 67.3 Å². The summed E-state index contributed by atoms with van der Waals surface area (Å²) in [5, 5.41) is 2.99. The van der Waals surface area contributed by atoms with Gasteiger partial charge in [-0.2, -0.15) is 0 Å². The standard InChI is InChI=1S/C19H21NO3/c1-12-4-5-16(8-13(12)2)20-19(21)15-9-14-10-17(22-3)6-7-18(14)23-11-15/h4-8,10,15H,9,11H2,1-3H3,(H,20,21)/t15-/m0/s1. The van der Waals surface area contributed by atoms with Crippen LogP contribution in [-0.2, 0) is 11.2 Å². The molecule has 2 aromatic carbocycles. The van der Waals surface area contributed by atoms with Crippen LogP contribution in [0.25, 0.3) is 0 Å². The highest BCUT2D eigenvalue weighted by atomic mass is 16.5. The average Bonchev–Trinajstić information content (AvgIpc) is 2.57. The number of carbonyl (C=O) groups excluding carboxylic acids is 1. The first-order chi connectivity index (χ1) is 11.1. The number of hydrogen-bond donors (Lipinski definition) is 1. The molecule has 23 heavy (non-hydrogen) atoms. The van der Waals surface area contributed by atoms with Gasteiger partial charge in [-0.3, -0.25) is 4.79 Å². The molecule has 0 radical (unpaired) electrons. The first kappa shape index (κ1) is 15.4. The van der Waals surface area contributed by atoms with Crippen LogP contribution in [-0.4, -0.2) is 19.6 Å². The van der Waals surface area contributed by atoms with E-state index in [-0.39, 0.29) is 11.8 Å². The molecular formula is C19H21NO3.